The van der Waals surface area contributed by atoms with Crippen molar-refractivity contribution in [2.45, 2.75) is 18.9 Å². The lowest BCUT2D eigenvalue weighted by Gasteiger charge is -2.12. The van der Waals surface area contributed by atoms with Crippen LogP contribution >= 0.6 is 0 Å². The molecular weight excluding hydrogens is 342 g/mol. The number of rotatable bonds is 5. The van der Waals surface area contributed by atoms with Crippen molar-refractivity contribution in [3.8, 4) is 22.6 Å². The zero-order valence-electron chi connectivity index (χ0n) is 14.7. The highest BCUT2D eigenvalue weighted by atomic mass is 16.5. The molecule has 27 heavy (non-hydrogen) atoms. The molecule has 4 heterocycles. The zero-order chi connectivity index (χ0) is 18.1. The van der Waals surface area contributed by atoms with Crippen LogP contribution in [-0.4, -0.2) is 29.2 Å². The third-order valence-corrected chi connectivity index (χ3v) is 4.82. The second-order valence-corrected chi connectivity index (χ2v) is 6.57. The molecule has 0 radical (unpaired) electrons. The summed E-state index contributed by atoms with van der Waals surface area (Å²) in [5.74, 6) is 2.06. The van der Waals surface area contributed by atoms with Gasteiger partial charge in [-0.05, 0) is 30.5 Å². The summed E-state index contributed by atoms with van der Waals surface area (Å²) < 4.78 is 17.4. The Hall–Kier alpha value is -3.12. The second kappa shape index (κ2) is 6.89. The smallest absolute Gasteiger partial charge is 0.232 e. The summed E-state index contributed by atoms with van der Waals surface area (Å²) in [4.78, 5) is 8.83. The molecule has 6 nitrogen and oxygen atoms in total. The summed E-state index contributed by atoms with van der Waals surface area (Å²) in [6.45, 7) is 1.54. The number of anilines is 1. The van der Waals surface area contributed by atoms with E-state index in [1.54, 1.807) is 6.26 Å². The number of nitrogens with zero attached hydrogens (tertiary/aromatic N) is 2. The lowest BCUT2D eigenvalue weighted by atomic mass is 10.0. The average Bonchev–Trinajstić information content (AvgIpc) is 3.47. The van der Waals surface area contributed by atoms with Gasteiger partial charge in [-0.25, -0.2) is 9.97 Å². The van der Waals surface area contributed by atoms with Crippen molar-refractivity contribution in [1.82, 2.24) is 9.97 Å². The van der Waals surface area contributed by atoms with E-state index in [1.165, 1.54) is 6.33 Å². The van der Waals surface area contributed by atoms with Crippen LogP contribution in [0.3, 0.4) is 0 Å². The van der Waals surface area contributed by atoms with Crippen molar-refractivity contribution in [2.24, 2.45) is 0 Å². The molecule has 1 aromatic carbocycles. The quantitative estimate of drug-likeness (QED) is 0.553. The van der Waals surface area contributed by atoms with Gasteiger partial charge in [0.2, 0.25) is 5.71 Å². The molecule has 1 unspecified atom stereocenters. The highest BCUT2D eigenvalue weighted by Gasteiger charge is 2.24. The fraction of sp³-hybridized carbons (Fsp3) is 0.238. The van der Waals surface area contributed by atoms with Crippen LogP contribution in [0.1, 0.15) is 12.8 Å². The Kier molecular flexibility index (Phi) is 4.10. The summed E-state index contributed by atoms with van der Waals surface area (Å²) in [5.41, 5.74) is 2.48. The van der Waals surface area contributed by atoms with Gasteiger partial charge in [0.15, 0.2) is 11.5 Å². The molecule has 5 rings (SSSR count). The van der Waals surface area contributed by atoms with Gasteiger partial charge in [-0.1, -0.05) is 30.3 Å². The first-order valence-corrected chi connectivity index (χ1v) is 9.12. The molecule has 1 atom stereocenters. The SMILES string of the molecule is c1ccc(-c2c(-c3ccco3)oc3ncnc(NCC4CCCO4)c23)cc1. The maximum Gasteiger partial charge on any atom is 0.232 e. The van der Waals surface area contributed by atoms with E-state index < -0.39 is 0 Å². The van der Waals surface area contributed by atoms with Crippen LogP contribution in [0.5, 0.6) is 0 Å². The molecule has 136 valence electrons. The Morgan fingerprint density at radius 3 is 2.78 bits per heavy atom. The number of benzene rings is 1. The molecule has 1 fully saturated rings. The number of aromatic nitrogens is 2. The van der Waals surface area contributed by atoms with E-state index in [4.69, 9.17) is 13.6 Å². The first kappa shape index (κ1) is 16.1. The lowest BCUT2D eigenvalue weighted by molar-refractivity contribution is 0.120. The van der Waals surface area contributed by atoms with Crippen molar-refractivity contribution in [3.63, 3.8) is 0 Å². The first-order chi connectivity index (χ1) is 13.4. The minimum Gasteiger partial charge on any atom is -0.461 e. The highest BCUT2D eigenvalue weighted by molar-refractivity contribution is 6.05. The second-order valence-electron chi connectivity index (χ2n) is 6.57. The molecule has 0 aliphatic carbocycles. The van der Waals surface area contributed by atoms with Crippen LogP contribution in [0, 0.1) is 0 Å². The van der Waals surface area contributed by atoms with Gasteiger partial charge in [0.25, 0.3) is 0 Å². The Morgan fingerprint density at radius 1 is 1.07 bits per heavy atom. The molecule has 0 saturated carbocycles. The largest absolute Gasteiger partial charge is 0.461 e. The topological polar surface area (TPSA) is 73.3 Å². The van der Waals surface area contributed by atoms with Crippen molar-refractivity contribution >= 4 is 16.9 Å². The zero-order valence-corrected chi connectivity index (χ0v) is 14.7. The summed E-state index contributed by atoms with van der Waals surface area (Å²) in [6.07, 6.45) is 5.54. The molecule has 1 saturated heterocycles. The first-order valence-electron chi connectivity index (χ1n) is 9.12. The Bertz CT molecular complexity index is 1040. The van der Waals surface area contributed by atoms with E-state index in [-0.39, 0.29) is 6.10 Å². The molecule has 6 heteroatoms. The van der Waals surface area contributed by atoms with E-state index >= 15 is 0 Å². The predicted octanol–water partition coefficient (Wildman–Crippen LogP) is 4.74. The number of furan rings is 2. The Balaban J connectivity index is 1.66. The van der Waals surface area contributed by atoms with Crippen molar-refractivity contribution in [2.75, 3.05) is 18.5 Å². The lowest BCUT2D eigenvalue weighted by Crippen LogP contribution is -2.19. The van der Waals surface area contributed by atoms with Gasteiger partial charge in [-0.15, -0.1) is 0 Å². The summed E-state index contributed by atoms with van der Waals surface area (Å²) >= 11 is 0. The number of hydrogen-bond donors (Lipinski definition) is 1. The molecule has 3 aromatic heterocycles. The highest BCUT2D eigenvalue weighted by Crippen LogP contribution is 2.42. The number of ether oxygens (including phenoxy) is 1. The Morgan fingerprint density at radius 2 is 2.00 bits per heavy atom. The van der Waals surface area contributed by atoms with E-state index in [2.05, 4.69) is 15.3 Å². The van der Waals surface area contributed by atoms with Crippen LogP contribution < -0.4 is 5.32 Å². The van der Waals surface area contributed by atoms with Crippen molar-refractivity contribution in [1.29, 1.82) is 0 Å². The average molecular weight is 361 g/mol. The van der Waals surface area contributed by atoms with Crippen LogP contribution in [0.2, 0.25) is 0 Å². The van der Waals surface area contributed by atoms with Crippen LogP contribution in [0.4, 0.5) is 5.82 Å². The maximum absolute atomic E-state index is 6.09. The Labute approximate surface area is 156 Å². The van der Waals surface area contributed by atoms with Crippen molar-refractivity contribution in [3.05, 3.63) is 55.1 Å². The third kappa shape index (κ3) is 2.98. The van der Waals surface area contributed by atoms with Gasteiger partial charge in [-0.2, -0.15) is 0 Å². The number of fused-ring (bicyclic) bond motifs is 1. The fourth-order valence-corrected chi connectivity index (χ4v) is 3.54. The van der Waals surface area contributed by atoms with E-state index in [1.807, 2.05) is 42.5 Å². The summed E-state index contributed by atoms with van der Waals surface area (Å²) in [6, 6.07) is 13.8. The fourth-order valence-electron chi connectivity index (χ4n) is 3.54. The normalized spacial score (nSPS) is 16.8. The summed E-state index contributed by atoms with van der Waals surface area (Å²) in [7, 11) is 0. The molecule has 0 amide bonds. The minimum absolute atomic E-state index is 0.214. The molecule has 0 spiro atoms. The molecule has 1 aliphatic heterocycles. The number of hydrogen-bond acceptors (Lipinski definition) is 6. The molecule has 1 aliphatic rings. The minimum atomic E-state index is 0.214. The van der Waals surface area contributed by atoms with Crippen LogP contribution in [0.15, 0.2) is 63.9 Å². The van der Waals surface area contributed by atoms with Gasteiger partial charge >= 0.3 is 0 Å². The van der Waals surface area contributed by atoms with Gasteiger partial charge in [0.05, 0.1) is 17.8 Å². The van der Waals surface area contributed by atoms with Gasteiger partial charge in [0, 0.05) is 18.7 Å². The van der Waals surface area contributed by atoms with Crippen molar-refractivity contribution < 1.29 is 13.6 Å². The van der Waals surface area contributed by atoms with E-state index in [0.29, 0.717) is 23.8 Å². The monoisotopic (exact) mass is 361 g/mol. The van der Waals surface area contributed by atoms with E-state index in [0.717, 1.165) is 41.8 Å². The van der Waals surface area contributed by atoms with E-state index in [9.17, 15) is 0 Å². The predicted molar refractivity (Wildman–Crippen MR) is 102 cm³/mol. The van der Waals surface area contributed by atoms with Gasteiger partial charge in [-0.3, -0.25) is 0 Å². The van der Waals surface area contributed by atoms with Gasteiger partial charge < -0.3 is 18.9 Å². The van der Waals surface area contributed by atoms with Gasteiger partial charge in [0.1, 0.15) is 12.1 Å². The summed E-state index contributed by atoms with van der Waals surface area (Å²) in [5, 5.41) is 4.29. The number of nitrogens with one attached hydrogen (secondary N) is 1. The third-order valence-electron chi connectivity index (χ3n) is 4.82. The molecular formula is C21H19N3O3. The molecule has 4 aromatic rings. The molecule has 0 bridgehead atoms. The maximum atomic E-state index is 6.09. The van der Waals surface area contributed by atoms with Crippen LogP contribution in [0.25, 0.3) is 33.7 Å². The standard InChI is InChI=1S/C21H19N3O3/c1-2-6-14(7-3-1)17-18-20(22-12-15-8-4-10-25-15)23-13-24-21(18)27-19(17)16-9-5-11-26-16/h1-3,5-7,9,11,13,15H,4,8,10,12H2,(H,22,23,24). The molecule has 1 N–H and O–H groups in total. The van der Waals surface area contributed by atoms with Crippen LogP contribution in [-0.2, 0) is 4.74 Å².